The van der Waals surface area contributed by atoms with Crippen LogP contribution in [0.3, 0.4) is 0 Å². The first-order chi connectivity index (χ1) is 8.36. The van der Waals surface area contributed by atoms with Gasteiger partial charge in [-0.1, -0.05) is 27.7 Å². The SMILES string of the molecule is CCC(O)(CC)CNC(=O)C[C@@H](CN)CC(C)C. The van der Waals surface area contributed by atoms with Gasteiger partial charge in [0.15, 0.2) is 0 Å². The minimum atomic E-state index is -0.772. The molecule has 0 aromatic rings. The van der Waals surface area contributed by atoms with Crippen LogP contribution < -0.4 is 11.1 Å². The maximum absolute atomic E-state index is 11.8. The molecule has 1 atom stereocenters. The molecule has 0 spiro atoms. The van der Waals surface area contributed by atoms with Crippen molar-refractivity contribution in [1.29, 1.82) is 0 Å². The molecule has 0 aromatic carbocycles. The summed E-state index contributed by atoms with van der Waals surface area (Å²) in [6.07, 6.45) is 2.72. The summed E-state index contributed by atoms with van der Waals surface area (Å²) in [5.41, 5.74) is 4.90. The summed E-state index contributed by atoms with van der Waals surface area (Å²) in [4.78, 5) is 11.8. The largest absolute Gasteiger partial charge is 0.388 e. The number of carbonyl (C=O) groups excluding carboxylic acids is 1. The van der Waals surface area contributed by atoms with Crippen molar-refractivity contribution < 1.29 is 9.90 Å². The molecule has 18 heavy (non-hydrogen) atoms. The summed E-state index contributed by atoms with van der Waals surface area (Å²) in [5, 5.41) is 12.9. The first-order valence-electron chi connectivity index (χ1n) is 7.06. The van der Waals surface area contributed by atoms with Crippen LogP contribution in [0.25, 0.3) is 0 Å². The highest BCUT2D eigenvalue weighted by Gasteiger charge is 2.23. The first kappa shape index (κ1) is 17.4. The average Bonchev–Trinajstić information content (AvgIpc) is 2.34. The summed E-state index contributed by atoms with van der Waals surface area (Å²) in [6, 6.07) is 0. The molecular weight excluding hydrogens is 228 g/mol. The number of nitrogens with two attached hydrogens (primary N) is 1. The van der Waals surface area contributed by atoms with Gasteiger partial charge in [0.1, 0.15) is 0 Å². The second-order valence-electron chi connectivity index (χ2n) is 5.64. The third-order valence-electron chi connectivity index (χ3n) is 3.54. The number of carbonyl (C=O) groups is 1. The molecular formula is C14H30N2O2. The van der Waals surface area contributed by atoms with Crippen LogP contribution >= 0.6 is 0 Å². The smallest absolute Gasteiger partial charge is 0.220 e. The van der Waals surface area contributed by atoms with Crippen molar-refractivity contribution in [3.8, 4) is 0 Å². The summed E-state index contributed by atoms with van der Waals surface area (Å²) >= 11 is 0. The highest BCUT2D eigenvalue weighted by Crippen LogP contribution is 2.15. The maximum Gasteiger partial charge on any atom is 0.220 e. The van der Waals surface area contributed by atoms with E-state index in [9.17, 15) is 9.90 Å². The van der Waals surface area contributed by atoms with Crippen LogP contribution in [-0.2, 0) is 4.79 Å². The molecule has 0 aliphatic rings. The predicted octanol–water partition coefficient (Wildman–Crippen LogP) is 1.66. The van der Waals surface area contributed by atoms with Gasteiger partial charge in [-0.3, -0.25) is 4.79 Å². The van der Waals surface area contributed by atoms with Gasteiger partial charge in [-0.2, -0.15) is 0 Å². The number of aliphatic hydroxyl groups is 1. The van der Waals surface area contributed by atoms with Crippen molar-refractivity contribution in [3.63, 3.8) is 0 Å². The Morgan fingerprint density at radius 3 is 2.28 bits per heavy atom. The highest BCUT2D eigenvalue weighted by molar-refractivity contribution is 5.76. The summed E-state index contributed by atoms with van der Waals surface area (Å²) < 4.78 is 0. The normalized spacial score (nSPS) is 13.7. The molecule has 0 rings (SSSR count). The minimum absolute atomic E-state index is 0.00794. The molecule has 108 valence electrons. The number of nitrogens with one attached hydrogen (secondary N) is 1. The van der Waals surface area contributed by atoms with E-state index in [0.717, 1.165) is 6.42 Å². The molecule has 0 bridgehead atoms. The highest BCUT2D eigenvalue weighted by atomic mass is 16.3. The van der Waals surface area contributed by atoms with E-state index in [-0.39, 0.29) is 11.8 Å². The fraction of sp³-hybridized carbons (Fsp3) is 0.929. The van der Waals surface area contributed by atoms with E-state index in [0.29, 0.717) is 38.3 Å². The predicted molar refractivity (Wildman–Crippen MR) is 75.2 cm³/mol. The zero-order valence-corrected chi connectivity index (χ0v) is 12.3. The molecule has 1 amide bonds. The maximum atomic E-state index is 11.8. The number of hydrogen-bond acceptors (Lipinski definition) is 3. The Bertz CT molecular complexity index is 238. The van der Waals surface area contributed by atoms with Gasteiger partial charge in [0.2, 0.25) is 5.91 Å². The molecule has 0 saturated heterocycles. The van der Waals surface area contributed by atoms with Crippen molar-refractivity contribution in [2.45, 2.75) is 59.0 Å². The van der Waals surface area contributed by atoms with Crippen LogP contribution in [-0.4, -0.2) is 29.7 Å². The molecule has 0 unspecified atom stereocenters. The first-order valence-corrected chi connectivity index (χ1v) is 7.06. The third kappa shape index (κ3) is 6.97. The van der Waals surface area contributed by atoms with Crippen LogP contribution in [0.4, 0.5) is 0 Å². The molecule has 0 radical (unpaired) electrons. The van der Waals surface area contributed by atoms with Crippen LogP contribution in [0.2, 0.25) is 0 Å². The average molecular weight is 258 g/mol. The molecule has 4 N–H and O–H groups in total. The molecule has 0 heterocycles. The fourth-order valence-corrected chi connectivity index (χ4v) is 2.03. The minimum Gasteiger partial charge on any atom is -0.388 e. The Labute approximate surface area is 111 Å². The van der Waals surface area contributed by atoms with Gasteiger partial charge in [0, 0.05) is 13.0 Å². The Kier molecular flexibility index (Phi) is 8.20. The Hall–Kier alpha value is -0.610. The van der Waals surface area contributed by atoms with E-state index < -0.39 is 5.60 Å². The van der Waals surface area contributed by atoms with Gasteiger partial charge < -0.3 is 16.2 Å². The molecule has 4 heteroatoms. The van der Waals surface area contributed by atoms with Crippen LogP contribution in [0.1, 0.15) is 53.4 Å². The molecule has 0 aromatic heterocycles. The second-order valence-corrected chi connectivity index (χ2v) is 5.64. The molecule has 0 aliphatic carbocycles. The van der Waals surface area contributed by atoms with E-state index in [1.165, 1.54) is 0 Å². The number of amides is 1. The van der Waals surface area contributed by atoms with Gasteiger partial charge in [-0.25, -0.2) is 0 Å². The Balaban J connectivity index is 4.09. The lowest BCUT2D eigenvalue weighted by molar-refractivity contribution is -0.123. The van der Waals surface area contributed by atoms with Crippen molar-refractivity contribution in [1.82, 2.24) is 5.32 Å². The van der Waals surface area contributed by atoms with Crippen LogP contribution in [0, 0.1) is 11.8 Å². The van der Waals surface area contributed by atoms with Gasteiger partial charge >= 0.3 is 0 Å². The van der Waals surface area contributed by atoms with Gasteiger partial charge in [0.25, 0.3) is 0 Å². The lowest BCUT2D eigenvalue weighted by Crippen LogP contribution is -2.42. The standard InChI is InChI=1S/C14H30N2O2/c1-5-14(18,6-2)10-16-13(17)8-12(9-15)7-11(3)4/h11-12,18H,5-10,15H2,1-4H3,(H,16,17)/t12-/m0/s1. The van der Waals surface area contributed by atoms with Gasteiger partial charge in [-0.05, 0) is 37.6 Å². The summed E-state index contributed by atoms with van der Waals surface area (Å²) in [6.45, 7) is 8.99. The zero-order valence-electron chi connectivity index (χ0n) is 12.3. The summed E-state index contributed by atoms with van der Waals surface area (Å²) in [5.74, 6) is 0.780. The number of hydrogen-bond donors (Lipinski definition) is 3. The van der Waals surface area contributed by atoms with Crippen molar-refractivity contribution in [2.75, 3.05) is 13.1 Å². The third-order valence-corrected chi connectivity index (χ3v) is 3.54. The van der Waals surface area contributed by atoms with E-state index in [1.807, 2.05) is 13.8 Å². The quantitative estimate of drug-likeness (QED) is 0.589. The van der Waals surface area contributed by atoms with Crippen LogP contribution in [0.5, 0.6) is 0 Å². The number of rotatable bonds is 9. The van der Waals surface area contributed by atoms with E-state index in [4.69, 9.17) is 5.73 Å². The van der Waals surface area contributed by atoms with E-state index >= 15 is 0 Å². The van der Waals surface area contributed by atoms with Gasteiger partial charge in [0.05, 0.1) is 5.60 Å². The van der Waals surface area contributed by atoms with Gasteiger partial charge in [-0.15, -0.1) is 0 Å². The zero-order chi connectivity index (χ0) is 14.2. The van der Waals surface area contributed by atoms with Crippen LogP contribution in [0.15, 0.2) is 0 Å². The van der Waals surface area contributed by atoms with Crippen molar-refractivity contribution >= 4 is 5.91 Å². The van der Waals surface area contributed by atoms with E-state index in [2.05, 4.69) is 19.2 Å². The van der Waals surface area contributed by atoms with Crippen molar-refractivity contribution in [3.05, 3.63) is 0 Å². The second kappa shape index (κ2) is 8.48. The molecule has 0 aliphatic heterocycles. The summed E-state index contributed by atoms with van der Waals surface area (Å²) in [7, 11) is 0. The lowest BCUT2D eigenvalue weighted by atomic mass is 9.93. The topological polar surface area (TPSA) is 75.3 Å². The van der Waals surface area contributed by atoms with E-state index in [1.54, 1.807) is 0 Å². The molecule has 0 saturated carbocycles. The Morgan fingerprint density at radius 1 is 1.33 bits per heavy atom. The molecule has 0 fully saturated rings. The van der Waals surface area contributed by atoms with Crippen molar-refractivity contribution in [2.24, 2.45) is 17.6 Å². The molecule has 4 nitrogen and oxygen atoms in total. The Morgan fingerprint density at radius 2 is 1.89 bits per heavy atom. The fourth-order valence-electron chi connectivity index (χ4n) is 2.03. The lowest BCUT2D eigenvalue weighted by Gasteiger charge is -2.26. The monoisotopic (exact) mass is 258 g/mol.